The van der Waals surface area contributed by atoms with Crippen molar-refractivity contribution in [3.8, 4) is 0 Å². The lowest BCUT2D eigenvalue weighted by molar-refractivity contribution is 0.565. The standard InChI is InChI=1S/C11H19N.H2/c1-10(8-9-12-2)11-6-4-3-5-7-11;/h3-4,6,10,12H,5,7-9H2,1-2H3;1H. The predicted molar refractivity (Wildman–Crippen MR) is 56.3 cm³/mol. The second-order valence-corrected chi connectivity index (χ2v) is 3.50. The molecule has 0 aromatic rings. The van der Waals surface area contributed by atoms with Gasteiger partial charge in [0.1, 0.15) is 0 Å². The summed E-state index contributed by atoms with van der Waals surface area (Å²) in [4.78, 5) is 0. The van der Waals surface area contributed by atoms with Gasteiger partial charge < -0.3 is 5.32 Å². The fraction of sp³-hybridized carbons (Fsp3) is 0.636. The molecule has 0 spiro atoms. The van der Waals surface area contributed by atoms with Gasteiger partial charge in [-0.2, -0.15) is 0 Å². The van der Waals surface area contributed by atoms with E-state index in [4.69, 9.17) is 0 Å². The van der Waals surface area contributed by atoms with Crippen LogP contribution >= 0.6 is 0 Å². The van der Waals surface area contributed by atoms with Crippen molar-refractivity contribution in [2.75, 3.05) is 13.6 Å². The smallest absolute Gasteiger partial charge is 0 e. The normalized spacial score (nSPS) is 19.0. The molecule has 0 aromatic carbocycles. The van der Waals surface area contributed by atoms with Gasteiger partial charge in [-0.25, -0.2) is 0 Å². The lowest BCUT2D eigenvalue weighted by Gasteiger charge is -2.16. The molecule has 0 bridgehead atoms. The first-order valence-electron chi connectivity index (χ1n) is 4.84. The summed E-state index contributed by atoms with van der Waals surface area (Å²) in [6, 6.07) is 0. The van der Waals surface area contributed by atoms with E-state index in [1.54, 1.807) is 5.57 Å². The summed E-state index contributed by atoms with van der Waals surface area (Å²) in [5, 5.41) is 3.19. The molecule has 0 saturated heterocycles. The number of allylic oxidation sites excluding steroid dienone is 4. The van der Waals surface area contributed by atoms with Crippen LogP contribution in [0.25, 0.3) is 0 Å². The van der Waals surface area contributed by atoms with Crippen LogP contribution in [0.2, 0.25) is 0 Å². The minimum absolute atomic E-state index is 0. The minimum atomic E-state index is 0. The maximum Gasteiger partial charge on any atom is 0 e. The molecule has 1 aliphatic carbocycles. The Morgan fingerprint density at radius 3 is 3.08 bits per heavy atom. The zero-order valence-corrected chi connectivity index (χ0v) is 8.14. The second-order valence-electron chi connectivity index (χ2n) is 3.50. The summed E-state index contributed by atoms with van der Waals surface area (Å²) in [5.41, 5.74) is 1.62. The van der Waals surface area contributed by atoms with Gasteiger partial charge in [0.15, 0.2) is 0 Å². The Bertz CT molecular complexity index is 185. The van der Waals surface area contributed by atoms with E-state index in [0.29, 0.717) is 0 Å². The monoisotopic (exact) mass is 167 g/mol. The molecule has 0 heterocycles. The van der Waals surface area contributed by atoms with Gasteiger partial charge >= 0.3 is 0 Å². The summed E-state index contributed by atoms with van der Waals surface area (Å²) in [5.74, 6) is 0.752. The third-order valence-electron chi connectivity index (χ3n) is 2.51. The Balaban J connectivity index is 0.00000144. The Hall–Kier alpha value is -0.560. The average Bonchev–Trinajstić information content (AvgIpc) is 2.15. The predicted octanol–water partition coefficient (Wildman–Crippen LogP) is 2.75. The molecule has 0 amide bonds. The molecular formula is C11H21N. The first-order chi connectivity index (χ1) is 5.84. The van der Waals surface area contributed by atoms with Crippen LogP contribution in [0.5, 0.6) is 0 Å². The van der Waals surface area contributed by atoms with Gasteiger partial charge in [0.25, 0.3) is 0 Å². The van der Waals surface area contributed by atoms with Gasteiger partial charge in [0.2, 0.25) is 0 Å². The largest absolute Gasteiger partial charge is 0.320 e. The molecule has 0 fully saturated rings. The van der Waals surface area contributed by atoms with Crippen molar-refractivity contribution in [1.82, 2.24) is 5.32 Å². The summed E-state index contributed by atoms with van der Waals surface area (Å²) in [6.45, 7) is 3.45. The van der Waals surface area contributed by atoms with E-state index < -0.39 is 0 Å². The van der Waals surface area contributed by atoms with Crippen LogP contribution in [0.4, 0.5) is 0 Å². The maximum absolute atomic E-state index is 3.19. The number of hydrogen-bond acceptors (Lipinski definition) is 1. The maximum atomic E-state index is 3.19. The van der Waals surface area contributed by atoms with E-state index >= 15 is 0 Å². The van der Waals surface area contributed by atoms with Crippen molar-refractivity contribution < 1.29 is 1.43 Å². The second kappa shape index (κ2) is 5.15. The Labute approximate surface area is 77.0 Å². The number of rotatable bonds is 4. The van der Waals surface area contributed by atoms with Crippen LogP contribution < -0.4 is 5.32 Å². The van der Waals surface area contributed by atoms with E-state index in [9.17, 15) is 0 Å². The molecule has 1 atom stereocenters. The van der Waals surface area contributed by atoms with Crippen molar-refractivity contribution in [1.29, 1.82) is 0 Å². The summed E-state index contributed by atoms with van der Waals surface area (Å²) in [7, 11) is 2.02. The highest BCUT2D eigenvalue weighted by Crippen LogP contribution is 2.22. The third-order valence-corrected chi connectivity index (χ3v) is 2.51. The van der Waals surface area contributed by atoms with Crippen LogP contribution in [-0.2, 0) is 0 Å². The van der Waals surface area contributed by atoms with Crippen LogP contribution in [0, 0.1) is 5.92 Å². The molecule has 1 rings (SSSR count). The lowest BCUT2D eigenvalue weighted by Crippen LogP contribution is -2.13. The molecule has 0 aromatic heterocycles. The van der Waals surface area contributed by atoms with Crippen LogP contribution in [0.3, 0.4) is 0 Å². The molecule has 0 aliphatic heterocycles. The summed E-state index contributed by atoms with van der Waals surface area (Å²) in [6.07, 6.45) is 10.5. The molecule has 0 saturated carbocycles. The van der Waals surface area contributed by atoms with E-state index in [0.717, 1.165) is 12.5 Å². The van der Waals surface area contributed by atoms with Crippen LogP contribution in [-0.4, -0.2) is 13.6 Å². The van der Waals surface area contributed by atoms with Crippen molar-refractivity contribution in [3.63, 3.8) is 0 Å². The van der Waals surface area contributed by atoms with Gasteiger partial charge in [-0.15, -0.1) is 0 Å². The first-order valence-corrected chi connectivity index (χ1v) is 4.84. The van der Waals surface area contributed by atoms with Gasteiger partial charge in [-0.1, -0.05) is 30.7 Å². The molecular weight excluding hydrogens is 146 g/mol. The Kier molecular flexibility index (Phi) is 4.09. The highest BCUT2D eigenvalue weighted by Gasteiger charge is 2.08. The number of nitrogens with one attached hydrogen (secondary N) is 1. The minimum Gasteiger partial charge on any atom is -0.320 e. The Morgan fingerprint density at radius 2 is 2.50 bits per heavy atom. The van der Waals surface area contributed by atoms with Gasteiger partial charge in [-0.05, 0) is 38.8 Å². The lowest BCUT2D eigenvalue weighted by atomic mass is 9.91. The highest BCUT2D eigenvalue weighted by atomic mass is 14.8. The van der Waals surface area contributed by atoms with Gasteiger partial charge in [0.05, 0.1) is 0 Å². The zero-order chi connectivity index (χ0) is 8.81. The molecule has 0 radical (unpaired) electrons. The van der Waals surface area contributed by atoms with E-state index in [-0.39, 0.29) is 1.43 Å². The average molecular weight is 167 g/mol. The van der Waals surface area contributed by atoms with Gasteiger partial charge in [0, 0.05) is 1.43 Å². The summed E-state index contributed by atoms with van der Waals surface area (Å²) < 4.78 is 0. The van der Waals surface area contributed by atoms with Crippen molar-refractivity contribution in [2.24, 2.45) is 5.92 Å². The number of hydrogen-bond donors (Lipinski definition) is 1. The highest BCUT2D eigenvalue weighted by molar-refractivity contribution is 5.19. The Morgan fingerprint density at radius 1 is 1.67 bits per heavy atom. The quantitative estimate of drug-likeness (QED) is 0.679. The molecule has 1 N–H and O–H groups in total. The SMILES string of the molecule is CNCCC(C)C1=CC=CCC1.[HH]. The van der Waals surface area contributed by atoms with Crippen molar-refractivity contribution in [2.45, 2.75) is 26.2 Å². The van der Waals surface area contributed by atoms with E-state index in [2.05, 4.69) is 30.5 Å². The fourth-order valence-corrected chi connectivity index (χ4v) is 1.58. The third kappa shape index (κ3) is 2.82. The molecule has 1 heteroatoms. The molecule has 1 unspecified atom stereocenters. The molecule has 12 heavy (non-hydrogen) atoms. The van der Waals surface area contributed by atoms with E-state index in [1.807, 2.05) is 7.05 Å². The topological polar surface area (TPSA) is 12.0 Å². The molecule has 70 valence electrons. The molecule has 1 nitrogen and oxygen atoms in total. The summed E-state index contributed by atoms with van der Waals surface area (Å²) >= 11 is 0. The van der Waals surface area contributed by atoms with Crippen LogP contribution in [0.15, 0.2) is 23.8 Å². The van der Waals surface area contributed by atoms with Crippen LogP contribution in [0.1, 0.15) is 27.6 Å². The fourth-order valence-electron chi connectivity index (χ4n) is 1.58. The van der Waals surface area contributed by atoms with Crippen molar-refractivity contribution in [3.05, 3.63) is 23.8 Å². The first kappa shape index (κ1) is 9.53. The van der Waals surface area contributed by atoms with Crippen molar-refractivity contribution >= 4 is 0 Å². The zero-order valence-electron chi connectivity index (χ0n) is 8.14. The van der Waals surface area contributed by atoms with Gasteiger partial charge in [-0.3, -0.25) is 0 Å². The van der Waals surface area contributed by atoms with E-state index in [1.165, 1.54) is 19.3 Å². The molecule has 1 aliphatic rings.